The van der Waals surface area contributed by atoms with E-state index in [1.807, 2.05) is 24.3 Å². The summed E-state index contributed by atoms with van der Waals surface area (Å²) in [4.78, 5) is 0. The quantitative estimate of drug-likeness (QED) is 0.849. The van der Waals surface area contributed by atoms with Gasteiger partial charge < -0.3 is 15.0 Å². The molecule has 0 radical (unpaired) electrons. The van der Waals surface area contributed by atoms with Gasteiger partial charge >= 0.3 is 0 Å². The van der Waals surface area contributed by atoms with Crippen LogP contribution in [0.5, 0.6) is 5.75 Å². The Morgan fingerprint density at radius 3 is 2.69 bits per heavy atom. The minimum Gasteiger partial charge on any atom is -0.497 e. The Kier molecular flexibility index (Phi) is 3.22. The molecule has 0 spiro atoms. The first-order chi connectivity index (χ1) is 7.83. The molecule has 0 amide bonds. The average Bonchev–Trinajstić information content (AvgIpc) is 2.77. The number of aromatic nitrogens is 1. The van der Waals surface area contributed by atoms with Gasteiger partial charge in [0.1, 0.15) is 11.5 Å². The Labute approximate surface area is 94.0 Å². The van der Waals surface area contributed by atoms with Crippen molar-refractivity contribution in [2.45, 2.75) is 13.0 Å². The lowest BCUT2D eigenvalue weighted by Gasteiger charge is -2.02. The fraction of sp³-hybridized carbons (Fsp3) is 0.250. The fourth-order valence-corrected chi connectivity index (χ4v) is 1.53. The van der Waals surface area contributed by atoms with Crippen molar-refractivity contribution in [3.8, 4) is 5.75 Å². The standard InChI is InChI=1S/C12H14N2O2/c1-15-11-4-2-9(3-5-11)6-12-10(7-13)8-14-16-12/h2-5,8H,6-7,13H2,1H3. The van der Waals surface area contributed by atoms with E-state index in [-0.39, 0.29) is 0 Å². The zero-order valence-electron chi connectivity index (χ0n) is 9.14. The minimum atomic E-state index is 0.453. The SMILES string of the molecule is COc1ccc(Cc2oncc2CN)cc1. The fourth-order valence-electron chi connectivity index (χ4n) is 1.53. The number of hydrogen-bond acceptors (Lipinski definition) is 4. The summed E-state index contributed by atoms with van der Waals surface area (Å²) in [5, 5.41) is 3.74. The molecule has 0 bridgehead atoms. The highest BCUT2D eigenvalue weighted by atomic mass is 16.5. The van der Waals surface area contributed by atoms with Crippen LogP contribution in [0.25, 0.3) is 0 Å². The zero-order valence-corrected chi connectivity index (χ0v) is 9.14. The number of methoxy groups -OCH3 is 1. The van der Waals surface area contributed by atoms with E-state index in [9.17, 15) is 0 Å². The van der Waals surface area contributed by atoms with Gasteiger partial charge in [-0.25, -0.2) is 0 Å². The van der Waals surface area contributed by atoms with Gasteiger partial charge in [-0.1, -0.05) is 17.3 Å². The van der Waals surface area contributed by atoms with Crippen molar-refractivity contribution in [2.24, 2.45) is 5.73 Å². The average molecular weight is 218 g/mol. The summed E-state index contributed by atoms with van der Waals surface area (Å²) < 4.78 is 10.2. The molecule has 1 heterocycles. The second-order valence-electron chi connectivity index (χ2n) is 3.50. The highest BCUT2D eigenvalue weighted by Crippen LogP contribution is 2.16. The molecule has 0 aliphatic carbocycles. The van der Waals surface area contributed by atoms with Gasteiger partial charge in [-0.15, -0.1) is 0 Å². The molecule has 2 N–H and O–H groups in total. The van der Waals surface area contributed by atoms with Gasteiger partial charge in [-0.3, -0.25) is 0 Å². The van der Waals surface area contributed by atoms with Crippen molar-refractivity contribution >= 4 is 0 Å². The first-order valence-corrected chi connectivity index (χ1v) is 5.09. The Morgan fingerprint density at radius 2 is 2.06 bits per heavy atom. The summed E-state index contributed by atoms with van der Waals surface area (Å²) >= 11 is 0. The van der Waals surface area contributed by atoms with Crippen LogP contribution in [0.4, 0.5) is 0 Å². The van der Waals surface area contributed by atoms with E-state index in [0.717, 1.165) is 22.6 Å². The van der Waals surface area contributed by atoms with E-state index in [1.165, 1.54) is 0 Å². The summed E-state index contributed by atoms with van der Waals surface area (Å²) in [6.07, 6.45) is 2.37. The molecule has 0 aliphatic heterocycles. The van der Waals surface area contributed by atoms with Crippen LogP contribution >= 0.6 is 0 Å². The van der Waals surface area contributed by atoms with Gasteiger partial charge in [-0.05, 0) is 17.7 Å². The van der Waals surface area contributed by atoms with Crippen LogP contribution in [0.3, 0.4) is 0 Å². The second-order valence-corrected chi connectivity index (χ2v) is 3.50. The molecule has 0 aliphatic rings. The van der Waals surface area contributed by atoms with Gasteiger partial charge in [0, 0.05) is 18.5 Å². The number of rotatable bonds is 4. The second kappa shape index (κ2) is 4.81. The topological polar surface area (TPSA) is 61.3 Å². The van der Waals surface area contributed by atoms with E-state index in [0.29, 0.717) is 13.0 Å². The third-order valence-electron chi connectivity index (χ3n) is 2.47. The third kappa shape index (κ3) is 2.23. The normalized spacial score (nSPS) is 10.4. The smallest absolute Gasteiger partial charge is 0.145 e. The summed E-state index contributed by atoms with van der Waals surface area (Å²) in [5.74, 6) is 1.67. The molecule has 2 rings (SSSR count). The van der Waals surface area contributed by atoms with E-state index >= 15 is 0 Å². The summed E-state index contributed by atoms with van der Waals surface area (Å²) in [6, 6.07) is 7.85. The molecule has 2 aromatic rings. The molecule has 0 saturated heterocycles. The molecular formula is C12H14N2O2. The molecule has 0 saturated carbocycles. The Bertz CT molecular complexity index is 448. The van der Waals surface area contributed by atoms with Crippen molar-refractivity contribution in [1.82, 2.24) is 5.16 Å². The molecule has 84 valence electrons. The predicted octanol–water partition coefficient (Wildman–Crippen LogP) is 1.73. The molecule has 0 fully saturated rings. The molecule has 4 nitrogen and oxygen atoms in total. The maximum atomic E-state index is 5.57. The molecule has 4 heteroatoms. The summed E-state index contributed by atoms with van der Waals surface area (Å²) in [7, 11) is 1.65. The highest BCUT2D eigenvalue weighted by molar-refractivity contribution is 5.30. The van der Waals surface area contributed by atoms with E-state index in [1.54, 1.807) is 13.3 Å². The van der Waals surface area contributed by atoms with Crippen LogP contribution < -0.4 is 10.5 Å². The van der Waals surface area contributed by atoms with Gasteiger partial charge in [0.2, 0.25) is 0 Å². The van der Waals surface area contributed by atoms with Crippen LogP contribution in [0.2, 0.25) is 0 Å². The maximum Gasteiger partial charge on any atom is 0.145 e. The molecule has 0 atom stereocenters. The largest absolute Gasteiger partial charge is 0.497 e. The lowest BCUT2D eigenvalue weighted by atomic mass is 10.1. The van der Waals surface area contributed by atoms with Gasteiger partial charge in [-0.2, -0.15) is 0 Å². The van der Waals surface area contributed by atoms with Crippen LogP contribution in [-0.2, 0) is 13.0 Å². The Morgan fingerprint density at radius 1 is 1.31 bits per heavy atom. The summed E-state index contributed by atoms with van der Waals surface area (Å²) in [5.41, 5.74) is 7.67. The lowest BCUT2D eigenvalue weighted by Crippen LogP contribution is -1.99. The van der Waals surface area contributed by atoms with Gasteiger partial charge in [0.05, 0.1) is 13.3 Å². The number of nitrogens with two attached hydrogens (primary N) is 1. The number of hydrogen-bond donors (Lipinski definition) is 1. The van der Waals surface area contributed by atoms with Crippen molar-refractivity contribution in [3.63, 3.8) is 0 Å². The molecule has 0 unspecified atom stereocenters. The maximum absolute atomic E-state index is 5.57. The van der Waals surface area contributed by atoms with Crippen molar-refractivity contribution in [1.29, 1.82) is 0 Å². The third-order valence-corrected chi connectivity index (χ3v) is 2.47. The first kappa shape index (κ1) is 10.7. The van der Waals surface area contributed by atoms with Gasteiger partial charge in [0.25, 0.3) is 0 Å². The van der Waals surface area contributed by atoms with Gasteiger partial charge in [0.15, 0.2) is 0 Å². The molecule has 16 heavy (non-hydrogen) atoms. The van der Waals surface area contributed by atoms with Crippen LogP contribution in [-0.4, -0.2) is 12.3 Å². The molecule has 1 aromatic carbocycles. The first-order valence-electron chi connectivity index (χ1n) is 5.09. The highest BCUT2D eigenvalue weighted by Gasteiger charge is 2.07. The monoisotopic (exact) mass is 218 g/mol. The zero-order chi connectivity index (χ0) is 11.4. The van der Waals surface area contributed by atoms with E-state index in [4.69, 9.17) is 15.0 Å². The molecular weight excluding hydrogens is 204 g/mol. The molecule has 1 aromatic heterocycles. The number of benzene rings is 1. The Balaban J connectivity index is 2.14. The van der Waals surface area contributed by atoms with Crippen LogP contribution in [0.1, 0.15) is 16.9 Å². The minimum absolute atomic E-state index is 0.453. The number of nitrogens with zero attached hydrogens (tertiary/aromatic N) is 1. The number of ether oxygens (including phenoxy) is 1. The van der Waals surface area contributed by atoms with Crippen LogP contribution in [0.15, 0.2) is 35.0 Å². The van der Waals surface area contributed by atoms with Crippen molar-refractivity contribution in [3.05, 3.63) is 47.3 Å². The van der Waals surface area contributed by atoms with E-state index < -0.39 is 0 Å². The van der Waals surface area contributed by atoms with Crippen LogP contribution in [0, 0.1) is 0 Å². The Hall–Kier alpha value is -1.81. The van der Waals surface area contributed by atoms with Crippen molar-refractivity contribution < 1.29 is 9.26 Å². The summed E-state index contributed by atoms with van der Waals surface area (Å²) in [6.45, 7) is 0.453. The van der Waals surface area contributed by atoms with E-state index in [2.05, 4.69) is 5.16 Å². The predicted molar refractivity (Wildman–Crippen MR) is 60.2 cm³/mol. The lowest BCUT2D eigenvalue weighted by molar-refractivity contribution is 0.388. The van der Waals surface area contributed by atoms with Crippen molar-refractivity contribution in [2.75, 3.05) is 7.11 Å².